The molecule has 0 spiro atoms. The van der Waals surface area contributed by atoms with Crippen LogP contribution in [0.1, 0.15) is 29.8 Å². The van der Waals surface area contributed by atoms with Crippen molar-refractivity contribution in [2.24, 2.45) is 7.05 Å². The molecule has 0 atom stereocenters. The van der Waals surface area contributed by atoms with Crippen molar-refractivity contribution in [1.82, 2.24) is 9.47 Å². The number of hydrogen-bond acceptors (Lipinski definition) is 4. The fourth-order valence-corrected chi connectivity index (χ4v) is 1.83. The van der Waals surface area contributed by atoms with Gasteiger partial charge in [-0.05, 0) is 30.3 Å². The van der Waals surface area contributed by atoms with Crippen LogP contribution in [0.4, 0.5) is 5.82 Å². The van der Waals surface area contributed by atoms with Crippen LogP contribution in [0.15, 0.2) is 12.1 Å². The first kappa shape index (κ1) is 15.2. The normalized spacial score (nSPS) is 10.5. The monoisotopic (exact) mass is 269 g/mol. The Morgan fingerprint density at radius 2 is 2.11 bits per heavy atom. The van der Waals surface area contributed by atoms with Gasteiger partial charge < -0.3 is 20.1 Å². The number of carbonyl (C=O) groups excluding carboxylic acids is 1. The number of nitrogens with zero attached hydrogens (tertiary/aromatic N) is 3. The Kier molecular flexibility index (Phi) is 5.50. The Morgan fingerprint density at radius 1 is 1.42 bits per heavy atom. The lowest BCUT2D eigenvalue weighted by Crippen LogP contribution is -2.29. The Balaban J connectivity index is 2.64. The Labute approximate surface area is 111 Å². The fourth-order valence-electron chi connectivity index (χ4n) is 1.83. The molecule has 1 amide bonds. The van der Waals surface area contributed by atoms with E-state index in [-0.39, 0.29) is 18.3 Å². The van der Waals surface area contributed by atoms with Gasteiger partial charge in [0, 0.05) is 26.3 Å². The van der Waals surface area contributed by atoms with Crippen LogP contribution in [0.25, 0.3) is 0 Å². The summed E-state index contributed by atoms with van der Waals surface area (Å²) in [6.07, 6.45) is 2.37. The van der Waals surface area contributed by atoms with Crippen LogP contribution in [0.5, 0.6) is 0 Å². The van der Waals surface area contributed by atoms with E-state index >= 15 is 0 Å². The number of hydrogen-bond donors (Lipinski definition) is 1. The standard InChI is InChI=1S/C12H19N3O4/c1-13(8-4-3-5-9-16)12(17)10-6-7-11(14(10)2)15(18)19/h6-7,16H,3-5,8-9H2,1-2H3. The predicted molar refractivity (Wildman–Crippen MR) is 70.0 cm³/mol. The van der Waals surface area contributed by atoms with Crippen LogP contribution >= 0.6 is 0 Å². The predicted octanol–water partition coefficient (Wildman–Crippen LogP) is 1.17. The maximum absolute atomic E-state index is 12.1. The van der Waals surface area contributed by atoms with Gasteiger partial charge in [-0.25, -0.2) is 4.57 Å². The van der Waals surface area contributed by atoms with Crippen LogP contribution in [0.3, 0.4) is 0 Å². The molecule has 1 aromatic rings. The van der Waals surface area contributed by atoms with Crippen molar-refractivity contribution in [3.8, 4) is 0 Å². The average molecular weight is 269 g/mol. The maximum atomic E-state index is 12.1. The van der Waals surface area contributed by atoms with Gasteiger partial charge in [0.2, 0.25) is 0 Å². The molecule has 0 saturated heterocycles. The molecule has 0 radical (unpaired) electrons. The summed E-state index contributed by atoms with van der Waals surface area (Å²) >= 11 is 0. The van der Waals surface area contributed by atoms with Gasteiger partial charge in [-0.3, -0.25) is 4.79 Å². The van der Waals surface area contributed by atoms with Crippen molar-refractivity contribution in [1.29, 1.82) is 0 Å². The van der Waals surface area contributed by atoms with Crippen molar-refractivity contribution >= 4 is 11.7 Å². The van der Waals surface area contributed by atoms with Gasteiger partial charge in [0.25, 0.3) is 5.91 Å². The molecule has 106 valence electrons. The molecule has 1 heterocycles. The minimum Gasteiger partial charge on any atom is -0.396 e. The summed E-state index contributed by atoms with van der Waals surface area (Å²) in [6.45, 7) is 0.722. The third kappa shape index (κ3) is 3.78. The van der Waals surface area contributed by atoms with E-state index < -0.39 is 4.92 Å². The van der Waals surface area contributed by atoms with Gasteiger partial charge in [0.1, 0.15) is 0 Å². The van der Waals surface area contributed by atoms with Gasteiger partial charge >= 0.3 is 5.82 Å². The van der Waals surface area contributed by atoms with E-state index in [9.17, 15) is 14.9 Å². The van der Waals surface area contributed by atoms with Gasteiger partial charge in [-0.1, -0.05) is 0 Å². The molecule has 0 saturated carbocycles. The van der Waals surface area contributed by atoms with E-state index in [1.54, 1.807) is 7.05 Å². The Hall–Kier alpha value is -1.89. The quantitative estimate of drug-likeness (QED) is 0.457. The minimum absolute atomic E-state index is 0.1000. The van der Waals surface area contributed by atoms with Crippen LogP contribution in [0.2, 0.25) is 0 Å². The molecule has 0 aliphatic heterocycles. The number of rotatable bonds is 7. The molecule has 0 aromatic carbocycles. The van der Waals surface area contributed by atoms with Crippen molar-refractivity contribution in [3.63, 3.8) is 0 Å². The van der Waals surface area contributed by atoms with Crippen LogP contribution < -0.4 is 0 Å². The largest absolute Gasteiger partial charge is 0.396 e. The molecule has 0 aliphatic carbocycles. The summed E-state index contributed by atoms with van der Waals surface area (Å²) in [5, 5.41) is 19.4. The first-order valence-corrected chi connectivity index (χ1v) is 6.15. The topological polar surface area (TPSA) is 88.6 Å². The first-order valence-electron chi connectivity index (χ1n) is 6.15. The highest BCUT2D eigenvalue weighted by Crippen LogP contribution is 2.16. The second kappa shape index (κ2) is 6.89. The highest BCUT2D eigenvalue weighted by atomic mass is 16.6. The summed E-state index contributed by atoms with van der Waals surface area (Å²) in [5.41, 5.74) is 0.302. The minimum atomic E-state index is -0.516. The number of unbranched alkanes of at least 4 members (excludes halogenated alkanes) is 2. The number of aromatic nitrogens is 1. The zero-order chi connectivity index (χ0) is 14.4. The second-order valence-corrected chi connectivity index (χ2v) is 4.40. The van der Waals surface area contributed by atoms with Crippen LogP contribution in [-0.2, 0) is 7.05 Å². The molecular weight excluding hydrogens is 250 g/mol. The Morgan fingerprint density at radius 3 is 2.63 bits per heavy atom. The third-order valence-electron chi connectivity index (χ3n) is 3.00. The van der Waals surface area contributed by atoms with Crippen LogP contribution in [-0.4, -0.2) is 45.6 Å². The number of amides is 1. The van der Waals surface area contributed by atoms with E-state index in [1.165, 1.54) is 28.6 Å². The summed E-state index contributed by atoms with van der Waals surface area (Å²) in [4.78, 5) is 23.8. The number of nitro groups is 1. The molecular formula is C12H19N3O4. The van der Waals surface area contributed by atoms with E-state index in [1.807, 2.05) is 0 Å². The van der Waals surface area contributed by atoms with Gasteiger partial charge in [0.05, 0.1) is 7.05 Å². The highest BCUT2D eigenvalue weighted by Gasteiger charge is 2.22. The average Bonchev–Trinajstić information content (AvgIpc) is 2.75. The van der Waals surface area contributed by atoms with Gasteiger partial charge in [-0.15, -0.1) is 0 Å². The van der Waals surface area contributed by atoms with E-state index in [4.69, 9.17) is 5.11 Å². The summed E-state index contributed by atoms with van der Waals surface area (Å²) < 4.78 is 1.28. The van der Waals surface area contributed by atoms with Crippen molar-refractivity contribution in [2.75, 3.05) is 20.2 Å². The van der Waals surface area contributed by atoms with Gasteiger partial charge in [-0.2, -0.15) is 0 Å². The smallest absolute Gasteiger partial charge is 0.323 e. The third-order valence-corrected chi connectivity index (χ3v) is 3.00. The number of carbonyl (C=O) groups is 1. The molecule has 7 heteroatoms. The summed E-state index contributed by atoms with van der Waals surface area (Å²) in [7, 11) is 3.17. The van der Waals surface area contributed by atoms with E-state index in [2.05, 4.69) is 0 Å². The fraction of sp³-hybridized carbons (Fsp3) is 0.583. The molecule has 0 aliphatic rings. The Bertz CT molecular complexity index is 456. The van der Waals surface area contributed by atoms with Crippen molar-refractivity contribution in [3.05, 3.63) is 27.9 Å². The zero-order valence-corrected chi connectivity index (χ0v) is 11.2. The molecule has 0 unspecified atom stereocenters. The molecule has 1 rings (SSSR count). The molecule has 0 bridgehead atoms. The SMILES string of the molecule is CN(CCCCCO)C(=O)c1ccc([N+](=O)[O-])n1C. The summed E-state index contributed by atoms with van der Waals surface area (Å²) in [5.74, 6) is -0.336. The molecule has 1 N–H and O–H groups in total. The zero-order valence-electron chi connectivity index (χ0n) is 11.2. The molecule has 7 nitrogen and oxygen atoms in total. The summed E-state index contributed by atoms with van der Waals surface area (Å²) in [6, 6.07) is 2.79. The number of aliphatic hydroxyl groups is 1. The maximum Gasteiger partial charge on any atom is 0.323 e. The highest BCUT2D eigenvalue weighted by molar-refractivity contribution is 5.93. The lowest BCUT2D eigenvalue weighted by atomic mass is 10.2. The second-order valence-electron chi connectivity index (χ2n) is 4.40. The van der Waals surface area contributed by atoms with Crippen molar-refractivity contribution < 1.29 is 14.8 Å². The van der Waals surface area contributed by atoms with E-state index in [0.29, 0.717) is 12.2 Å². The van der Waals surface area contributed by atoms with Crippen LogP contribution in [0, 0.1) is 10.1 Å². The molecule has 0 fully saturated rings. The first-order chi connectivity index (χ1) is 8.99. The van der Waals surface area contributed by atoms with Crippen molar-refractivity contribution in [2.45, 2.75) is 19.3 Å². The molecule has 1 aromatic heterocycles. The number of aliphatic hydroxyl groups excluding tert-OH is 1. The lowest BCUT2D eigenvalue weighted by Gasteiger charge is -2.15. The van der Waals surface area contributed by atoms with E-state index in [0.717, 1.165) is 19.3 Å². The van der Waals surface area contributed by atoms with Gasteiger partial charge in [0.15, 0.2) is 5.69 Å². The lowest BCUT2D eigenvalue weighted by molar-refractivity contribution is -0.391. The molecule has 19 heavy (non-hydrogen) atoms.